The van der Waals surface area contributed by atoms with Gasteiger partial charge in [-0.05, 0) is 42.3 Å². The van der Waals surface area contributed by atoms with E-state index < -0.39 is 29.9 Å². The number of primary amides is 1. The van der Waals surface area contributed by atoms with Crippen LogP contribution in [-0.4, -0.2) is 28.1 Å². The van der Waals surface area contributed by atoms with Crippen molar-refractivity contribution in [3.8, 4) is 5.75 Å². The Balaban J connectivity index is 1.82. The quantitative estimate of drug-likeness (QED) is 0.566. The fraction of sp³-hybridized carbons (Fsp3) is 0.167. The largest absolute Gasteiger partial charge is 0.508 e. The molecule has 1 aliphatic carbocycles. The van der Waals surface area contributed by atoms with Crippen molar-refractivity contribution in [3.63, 3.8) is 0 Å². The van der Waals surface area contributed by atoms with Gasteiger partial charge >= 0.3 is 12.0 Å². The minimum atomic E-state index is -1.05. The first-order chi connectivity index (χ1) is 12.4. The zero-order valence-electron chi connectivity index (χ0n) is 13.6. The maximum Gasteiger partial charge on any atom is 0.316 e. The predicted molar refractivity (Wildman–Crippen MR) is 92.8 cm³/mol. The van der Waals surface area contributed by atoms with Crippen molar-refractivity contribution in [1.29, 1.82) is 0 Å². The number of nitrogens with two attached hydrogens (primary N) is 1. The van der Waals surface area contributed by atoms with Gasteiger partial charge in [-0.15, -0.1) is 0 Å². The number of urea groups is 1. The van der Waals surface area contributed by atoms with Gasteiger partial charge in [-0.3, -0.25) is 9.59 Å². The molecule has 0 aromatic heterocycles. The van der Waals surface area contributed by atoms with Crippen LogP contribution in [0.25, 0.3) is 0 Å². The van der Waals surface area contributed by atoms with E-state index in [2.05, 4.69) is 10.6 Å². The summed E-state index contributed by atoms with van der Waals surface area (Å²) in [6.45, 7) is 0. The molecule has 0 spiro atoms. The Labute approximate surface area is 148 Å². The Morgan fingerprint density at radius 1 is 1.08 bits per heavy atom. The number of phenolic OH excluding ortho intramolecular Hbond substituents is 1. The molecule has 0 saturated carbocycles. The highest BCUT2D eigenvalue weighted by Gasteiger charge is 2.39. The summed E-state index contributed by atoms with van der Waals surface area (Å²) in [6.07, 6.45) is 0.143. The number of amides is 3. The third-order valence-corrected chi connectivity index (χ3v) is 4.37. The summed E-state index contributed by atoms with van der Waals surface area (Å²) in [5, 5.41) is 24.5. The lowest BCUT2D eigenvalue weighted by molar-refractivity contribution is -0.142. The fourth-order valence-electron chi connectivity index (χ4n) is 3.14. The van der Waals surface area contributed by atoms with E-state index in [0.717, 1.165) is 0 Å². The Hall–Kier alpha value is -3.55. The van der Waals surface area contributed by atoms with Crippen LogP contribution in [0.5, 0.6) is 5.75 Å². The van der Waals surface area contributed by atoms with Crippen LogP contribution in [0.4, 0.5) is 10.5 Å². The molecule has 2 unspecified atom stereocenters. The Morgan fingerprint density at radius 2 is 1.77 bits per heavy atom. The smallest absolute Gasteiger partial charge is 0.316 e. The van der Waals surface area contributed by atoms with Crippen molar-refractivity contribution in [2.45, 2.75) is 12.5 Å². The molecule has 2 aromatic carbocycles. The van der Waals surface area contributed by atoms with Crippen LogP contribution in [0, 0.1) is 5.92 Å². The van der Waals surface area contributed by atoms with Crippen molar-refractivity contribution >= 4 is 23.6 Å². The van der Waals surface area contributed by atoms with Gasteiger partial charge in [0, 0.05) is 16.8 Å². The number of anilines is 1. The van der Waals surface area contributed by atoms with Crippen LogP contribution in [0.3, 0.4) is 0 Å². The number of fused-ring (bicyclic) bond motifs is 1. The molecule has 8 heteroatoms. The molecule has 0 radical (unpaired) electrons. The minimum absolute atomic E-state index is 0.0207. The monoisotopic (exact) mass is 355 g/mol. The molecular formula is C18H17N3O5. The first kappa shape index (κ1) is 17.3. The highest BCUT2D eigenvalue weighted by atomic mass is 16.4. The Kier molecular flexibility index (Phi) is 4.49. The molecule has 0 fully saturated rings. The molecule has 0 saturated heterocycles. The summed E-state index contributed by atoms with van der Waals surface area (Å²) in [5.41, 5.74) is 6.90. The van der Waals surface area contributed by atoms with Crippen LogP contribution >= 0.6 is 0 Å². The van der Waals surface area contributed by atoms with Crippen LogP contribution in [0.15, 0.2) is 42.5 Å². The average molecular weight is 355 g/mol. The summed E-state index contributed by atoms with van der Waals surface area (Å²) in [4.78, 5) is 34.9. The summed E-state index contributed by atoms with van der Waals surface area (Å²) < 4.78 is 0. The van der Waals surface area contributed by atoms with Crippen molar-refractivity contribution in [2.24, 2.45) is 11.7 Å². The van der Waals surface area contributed by atoms with E-state index in [-0.39, 0.29) is 12.2 Å². The second-order valence-corrected chi connectivity index (χ2v) is 6.01. The standard InChI is InChI=1S/C18H17N3O5/c19-18(26)20-10-6-4-9(5-7-10)16(23)21-15-11-2-1-3-14(22)12(11)8-13(15)17(24)25/h1-7,13,15,22H,8H2,(H,21,23)(H,24,25)(H3,19,20,26). The summed E-state index contributed by atoms with van der Waals surface area (Å²) in [5.74, 6) is -2.35. The van der Waals surface area contributed by atoms with Crippen LogP contribution in [-0.2, 0) is 11.2 Å². The molecule has 26 heavy (non-hydrogen) atoms. The molecule has 3 amide bonds. The number of carboxylic acids is 1. The number of phenols is 1. The van der Waals surface area contributed by atoms with E-state index >= 15 is 0 Å². The lowest BCUT2D eigenvalue weighted by atomic mass is 10.00. The first-order valence-corrected chi connectivity index (χ1v) is 7.87. The molecule has 2 aromatic rings. The number of aliphatic carboxylic acids is 1. The molecular weight excluding hydrogens is 338 g/mol. The maximum absolute atomic E-state index is 12.5. The second kappa shape index (κ2) is 6.75. The minimum Gasteiger partial charge on any atom is -0.508 e. The lowest BCUT2D eigenvalue weighted by Crippen LogP contribution is -2.34. The number of carboxylic acid groups (broad SMARTS) is 1. The van der Waals surface area contributed by atoms with Crippen molar-refractivity contribution in [2.75, 3.05) is 5.32 Å². The third-order valence-electron chi connectivity index (χ3n) is 4.37. The average Bonchev–Trinajstić information content (AvgIpc) is 2.95. The number of hydrogen-bond donors (Lipinski definition) is 5. The molecule has 0 bridgehead atoms. The van der Waals surface area contributed by atoms with Crippen LogP contribution in [0.1, 0.15) is 27.5 Å². The zero-order valence-corrected chi connectivity index (χ0v) is 13.6. The van der Waals surface area contributed by atoms with E-state index in [4.69, 9.17) is 5.73 Å². The summed E-state index contributed by atoms with van der Waals surface area (Å²) >= 11 is 0. The van der Waals surface area contributed by atoms with Crippen molar-refractivity contribution in [1.82, 2.24) is 5.32 Å². The van der Waals surface area contributed by atoms with Crippen LogP contribution < -0.4 is 16.4 Å². The molecule has 0 aliphatic heterocycles. The number of carbonyl (C=O) groups excluding carboxylic acids is 2. The van der Waals surface area contributed by atoms with Crippen LogP contribution in [0.2, 0.25) is 0 Å². The SMILES string of the molecule is NC(=O)Nc1ccc(C(=O)NC2c3cccc(O)c3CC2C(=O)O)cc1. The topological polar surface area (TPSA) is 142 Å². The normalized spacial score (nSPS) is 18.0. The molecule has 6 N–H and O–H groups in total. The molecule has 8 nitrogen and oxygen atoms in total. The van der Waals surface area contributed by atoms with E-state index in [9.17, 15) is 24.6 Å². The lowest BCUT2D eigenvalue weighted by Gasteiger charge is -2.19. The molecule has 0 heterocycles. The number of aromatic hydroxyl groups is 1. The molecule has 134 valence electrons. The van der Waals surface area contributed by atoms with E-state index in [1.54, 1.807) is 12.1 Å². The number of benzene rings is 2. The Morgan fingerprint density at radius 3 is 2.38 bits per heavy atom. The van der Waals surface area contributed by atoms with Gasteiger partial charge < -0.3 is 26.6 Å². The van der Waals surface area contributed by atoms with Crippen molar-refractivity contribution < 1.29 is 24.6 Å². The Bertz CT molecular complexity index is 879. The highest BCUT2D eigenvalue weighted by Crippen LogP contribution is 2.40. The number of carbonyl (C=O) groups is 3. The third kappa shape index (κ3) is 3.30. The molecule has 3 rings (SSSR count). The highest BCUT2D eigenvalue weighted by molar-refractivity contribution is 5.96. The van der Waals surface area contributed by atoms with Gasteiger partial charge in [0.05, 0.1) is 12.0 Å². The van der Waals surface area contributed by atoms with Gasteiger partial charge in [-0.2, -0.15) is 0 Å². The van der Waals surface area contributed by atoms with Gasteiger partial charge in [0.1, 0.15) is 5.75 Å². The van der Waals surface area contributed by atoms with Gasteiger partial charge in [-0.25, -0.2) is 4.79 Å². The van der Waals surface area contributed by atoms with Gasteiger partial charge in [0.25, 0.3) is 5.91 Å². The van der Waals surface area contributed by atoms with E-state index in [1.807, 2.05) is 0 Å². The van der Waals surface area contributed by atoms with E-state index in [0.29, 0.717) is 22.4 Å². The predicted octanol–water partition coefficient (Wildman–Crippen LogP) is 1.61. The summed E-state index contributed by atoms with van der Waals surface area (Å²) in [6, 6.07) is 9.37. The molecule has 1 aliphatic rings. The van der Waals surface area contributed by atoms with E-state index in [1.165, 1.54) is 30.3 Å². The first-order valence-electron chi connectivity index (χ1n) is 7.87. The summed E-state index contributed by atoms with van der Waals surface area (Å²) in [7, 11) is 0. The second-order valence-electron chi connectivity index (χ2n) is 6.01. The maximum atomic E-state index is 12.5. The van der Waals surface area contributed by atoms with Gasteiger partial charge in [-0.1, -0.05) is 12.1 Å². The number of nitrogens with one attached hydrogen (secondary N) is 2. The molecule has 2 atom stereocenters. The van der Waals surface area contributed by atoms with Crippen molar-refractivity contribution in [3.05, 3.63) is 59.2 Å². The van der Waals surface area contributed by atoms with Gasteiger partial charge in [0.2, 0.25) is 0 Å². The number of hydrogen-bond acceptors (Lipinski definition) is 4. The fourth-order valence-corrected chi connectivity index (χ4v) is 3.14. The van der Waals surface area contributed by atoms with Gasteiger partial charge in [0.15, 0.2) is 0 Å². The zero-order chi connectivity index (χ0) is 18.8. The number of rotatable bonds is 4.